The zero-order valence-corrected chi connectivity index (χ0v) is 13.3. The van der Waals surface area contributed by atoms with E-state index in [0.717, 1.165) is 4.74 Å². The zero-order chi connectivity index (χ0) is 25.2. The van der Waals surface area contributed by atoms with Crippen LogP contribution in [0.3, 0.4) is 0 Å². The van der Waals surface area contributed by atoms with Crippen molar-refractivity contribution in [3.05, 3.63) is 0 Å². The van der Waals surface area contributed by atoms with E-state index in [2.05, 4.69) is 0 Å². The van der Waals surface area contributed by atoms with Gasteiger partial charge in [-0.15, -0.1) is 0 Å². The van der Waals surface area contributed by atoms with Crippen molar-refractivity contribution in [2.75, 3.05) is 0 Å². The number of alkyl halides is 17. The van der Waals surface area contributed by atoms with E-state index >= 15 is 0 Å². The summed E-state index contributed by atoms with van der Waals surface area (Å²) in [6.07, 6.45) is -24.0. The number of hydrogen-bond acceptors (Lipinski definition) is 3. The van der Waals surface area contributed by atoms with Gasteiger partial charge in [0.1, 0.15) is 0 Å². The third-order valence-corrected chi connectivity index (χ3v) is 3.73. The Kier molecular flexibility index (Phi) is 8.65. The standard InChI is InChI=1S/C8HF17O4S.Na.H/c9-1(10,5(17,18)19)2(11,12)6(20,21)29-7(22,23)3(13,14)4(15,16)8(24,25)30(26,27)28;;/h(H,26,27,28);;. The first-order valence-corrected chi connectivity index (χ1v) is 7.28. The molecule has 0 bridgehead atoms. The molecule has 0 heterocycles. The van der Waals surface area contributed by atoms with Crippen molar-refractivity contribution < 1.29 is 92.3 Å². The minimum absolute atomic E-state index is 0. The molecular formula is C8H2F17NaO4S. The molecule has 0 aliphatic heterocycles. The van der Waals surface area contributed by atoms with Crippen LogP contribution in [-0.2, 0) is 14.9 Å². The summed E-state index contributed by atoms with van der Waals surface area (Å²) in [4.78, 5) is 0. The first-order valence-electron chi connectivity index (χ1n) is 5.84. The van der Waals surface area contributed by atoms with E-state index in [1.807, 2.05) is 0 Å². The number of halogens is 17. The van der Waals surface area contributed by atoms with Crippen LogP contribution in [0.1, 0.15) is 0 Å². The Morgan fingerprint density at radius 1 is 0.516 bits per heavy atom. The van der Waals surface area contributed by atoms with Crippen LogP contribution < -0.4 is 0 Å². The van der Waals surface area contributed by atoms with Gasteiger partial charge in [0.05, 0.1) is 0 Å². The van der Waals surface area contributed by atoms with Crippen LogP contribution in [0.4, 0.5) is 74.6 Å². The van der Waals surface area contributed by atoms with Crippen LogP contribution in [0.15, 0.2) is 0 Å². The second kappa shape index (κ2) is 8.17. The fourth-order valence-electron chi connectivity index (χ4n) is 1.18. The van der Waals surface area contributed by atoms with Crippen LogP contribution in [0.2, 0.25) is 0 Å². The molecule has 0 atom stereocenters. The van der Waals surface area contributed by atoms with Crippen molar-refractivity contribution in [1.82, 2.24) is 0 Å². The predicted molar refractivity (Wildman–Crippen MR) is 60.5 cm³/mol. The Labute approximate surface area is 179 Å². The van der Waals surface area contributed by atoms with E-state index in [-0.39, 0.29) is 29.6 Å². The number of ether oxygens (including phenoxy) is 1. The van der Waals surface area contributed by atoms with Gasteiger partial charge >= 0.3 is 87.0 Å². The van der Waals surface area contributed by atoms with Crippen molar-refractivity contribution in [3.63, 3.8) is 0 Å². The van der Waals surface area contributed by atoms with Gasteiger partial charge in [-0.2, -0.15) is 83.1 Å². The molecule has 0 aliphatic rings. The van der Waals surface area contributed by atoms with Crippen molar-refractivity contribution in [1.29, 1.82) is 0 Å². The zero-order valence-electron chi connectivity index (χ0n) is 12.5. The molecule has 0 aromatic heterocycles. The number of rotatable bonds is 8. The van der Waals surface area contributed by atoms with Crippen LogP contribution in [0.5, 0.6) is 0 Å². The van der Waals surface area contributed by atoms with Crippen molar-refractivity contribution in [3.8, 4) is 0 Å². The molecule has 1 N–H and O–H groups in total. The first-order chi connectivity index (χ1) is 12.5. The molecule has 0 fully saturated rings. The van der Waals surface area contributed by atoms with E-state index in [1.54, 1.807) is 0 Å². The summed E-state index contributed by atoms with van der Waals surface area (Å²) < 4.78 is 243. The second-order valence-electron chi connectivity index (χ2n) is 4.92. The molecule has 4 nitrogen and oxygen atoms in total. The molecule has 31 heavy (non-hydrogen) atoms. The third kappa shape index (κ3) is 4.82. The first kappa shape index (κ1) is 32.9. The van der Waals surface area contributed by atoms with Gasteiger partial charge in [-0.3, -0.25) is 4.55 Å². The van der Waals surface area contributed by atoms with Crippen LogP contribution >= 0.6 is 0 Å². The Bertz CT molecular complexity index is 757. The number of hydrogen-bond donors (Lipinski definition) is 1. The van der Waals surface area contributed by atoms with Gasteiger partial charge in [-0.25, -0.2) is 4.74 Å². The maximum atomic E-state index is 13.0. The maximum absolute atomic E-state index is 13.0. The summed E-state index contributed by atoms with van der Waals surface area (Å²) in [5.74, 6) is -32.8. The summed E-state index contributed by atoms with van der Waals surface area (Å²) in [7, 11) is -7.77. The Balaban J connectivity index is 0. The van der Waals surface area contributed by atoms with Crippen LogP contribution in [0, 0.1) is 0 Å². The summed E-state index contributed by atoms with van der Waals surface area (Å²) in [6.45, 7) is 0. The molecule has 0 unspecified atom stereocenters. The average molecular weight is 540 g/mol. The minimum atomic E-state index is -8.35. The van der Waals surface area contributed by atoms with Crippen molar-refractivity contribution in [2.24, 2.45) is 0 Å². The quantitative estimate of drug-likeness (QED) is 0.286. The average Bonchev–Trinajstić information content (AvgIpc) is 2.42. The molecule has 0 aliphatic carbocycles. The predicted octanol–water partition coefficient (Wildman–Crippen LogP) is 4.12. The molecule has 184 valence electrons. The Hall–Kier alpha value is -0.320. The molecule has 0 rings (SSSR count). The third-order valence-electron chi connectivity index (χ3n) is 2.82. The van der Waals surface area contributed by atoms with E-state index in [9.17, 15) is 83.1 Å². The van der Waals surface area contributed by atoms with Gasteiger partial charge in [-0.1, -0.05) is 0 Å². The van der Waals surface area contributed by atoms with Gasteiger partial charge < -0.3 is 0 Å². The van der Waals surface area contributed by atoms with Gasteiger partial charge in [-0.05, 0) is 0 Å². The summed E-state index contributed by atoms with van der Waals surface area (Å²) >= 11 is 0. The molecule has 0 amide bonds. The van der Waals surface area contributed by atoms with Crippen LogP contribution in [-0.4, -0.2) is 89.9 Å². The van der Waals surface area contributed by atoms with Crippen molar-refractivity contribution in [2.45, 2.75) is 47.3 Å². The summed E-state index contributed by atoms with van der Waals surface area (Å²) in [5, 5.41) is -7.68. The Morgan fingerprint density at radius 3 is 1.00 bits per heavy atom. The Morgan fingerprint density at radius 2 is 0.774 bits per heavy atom. The van der Waals surface area contributed by atoms with Crippen LogP contribution in [0.25, 0.3) is 0 Å². The van der Waals surface area contributed by atoms with E-state index < -0.39 is 57.5 Å². The fraction of sp³-hybridized carbons (Fsp3) is 1.00. The molecule has 23 heteroatoms. The summed E-state index contributed by atoms with van der Waals surface area (Å²) in [5.41, 5.74) is 0. The molecule has 0 radical (unpaired) electrons. The topological polar surface area (TPSA) is 63.6 Å². The van der Waals surface area contributed by atoms with Gasteiger partial charge in [0, 0.05) is 0 Å². The molecular weight excluding hydrogens is 538 g/mol. The van der Waals surface area contributed by atoms with Crippen molar-refractivity contribution >= 4 is 39.7 Å². The van der Waals surface area contributed by atoms with E-state index in [1.165, 1.54) is 0 Å². The van der Waals surface area contributed by atoms with Gasteiger partial charge in [0.15, 0.2) is 0 Å². The second-order valence-corrected chi connectivity index (χ2v) is 6.39. The SMILES string of the molecule is O=S(=O)(O)C(F)(F)C(F)(F)C(F)(F)C(F)(F)OC(F)(F)C(F)(F)C(F)(F)C(F)(F)F.[NaH]. The normalized spacial score (nSPS) is 16.2. The fourth-order valence-corrected chi connectivity index (χ4v) is 1.63. The van der Waals surface area contributed by atoms with Gasteiger partial charge in [0.2, 0.25) is 0 Å². The monoisotopic (exact) mass is 540 g/mol. The molecule has 0 spiro atoms. The molecule has 0 aromatic rings. The molecule has 0 saturated carbocycles. The van der Waals surface area contributed by atoms with E-state index in [0.29, 0.717) is 0 Å². The van der Waals surface area contributed by atoms with Gasteiger partial charge in [0.25, 0.3) is 0 Å². The van der Waals surface area contributed by atoms with E-state index in [4.69, 9.17) is 4.55 Å². The molecule has 0 saturated heterocycles. The molecule has 0 aromatic carbocycles. The summed E-state index contributed by atoms with van der Waals surface area (Å²) in [6, 6.07) is 0.